The molecule has 4 nitrogen and oxygen atoms in total. The number of aryl methyl sites for hydroxylation is 2. The average molecular weight is 319 g/mol. The summed E-state index contributed by atoms with van der Waals surface area (Å²) >= 11 is 0. The first-order valence-electron chi connectivity index (χ1n) is 7.62. The second-order valence-corrected chi connectivity index (χ2v) is 5.61. The minimum atomic E-state index is -0.376. The maximum atomic E-state index is 13.1. The molecular weight excluding hydrogens is 302 g/mol. The second-order valence-electron chi connectivity index (χ2n) is 5.61. The lowest BCUT2D eigenvalue weighted by molar-refractivity contribution is 0.105. The van der Waals surface area contributed by atoms with Crippen LogP contribution < -0.4 is 5.56 Å². The predicted molar refractivity (Wildman–Crippen MR) is 93.9 cm³/mol. The van der Waals surface area contributed by atoms with Crippen LogP contribution in [0.5, 0.6) is 0 Å². The number of carbonyl (C=O) groups is 1. The fourth-order valence-electron chi connectivity index (χ4n) is 2.68. The van der Waals surface area contributed by atoms with Crippen molar-refractivity contribution in [3.05, 3.63) is 93.3 Å². The number of ketones is 1. The van der Waals surface area contributed by atoms with Crippen molar-refractivity contribution in [2.24, 2.45) is 0 Å². The lowest BCUT2D eigenvalue weighted by atomic mass is 9.94. The molecule has 120 valence electrons. The van der Waals surface area contributed by atoms with Gasteiger partial charge in [-0.15, -0.1) is 0 Å². The molecule has 0 saturated heterocycles. The Morgan fingerprint density at radius 3 is 2.46 bits per heavy atom. The maximum Gasteiger partial charge on any atom is 0.259 e. The third kappa shape index (κ3) is 3.13. The van der Waals surface area contributed by atoms with Gasteiger partial charge >= 0.3 is 0 Å². The Labute approximate surface area is 139 Å². The van der Waals surface area contributed by atoms with Gasteiger partial charge in [0.05, 0.1) is 11.8 Å². The number of hydrogen-bond donors (Lipinski definition) is 1. The third-order valence-electron chi connectivity index (χ3n) is 3.75. The molecule has 4 heteroatoms. The van der Waals surface area contributed by atoms with E-state index in [9.17, 15) is 9.59 Å². The molecule has 0 bridgehead atoms. The first-order valence-corrected chi connectivity index (χ1v) is 7.62. The van der Waals surface area contributed by atoms with Crippen LogP contribution in [0.4, 0.5) is 0 Å². The molecule has 0 saturated carbocycles. The molecule has 24 heavy (non-hydrogen) atoms. The van der Waals surface area contributed by atoms with E-state index in [0.29, 0.717) is 16.9 Å². The molecule has 3 rings (SSSR count). The van der Waals surface area contributed by atoms with Gasteiger partial charge < -0.3 is 9.40 Å². The lowest BCUT2D eigenvalue weighted by Crippen LogP contribution is -2.21. The molecule has 0 unspecified atom stereocenters. The molecule has 0 aliphatic heterocycles. The molecule has 1 N–H and O–H groups in total. The molecule has 0 amide bonds. The van der Waals surface area contributed by atoms with Gasteiger partial charge in [-0.05, 0) is 49.2 Å². The van der Waals surface area contributed by atoms with Crippen LogP contribution >= 0.6 is 0 Å². The molecule has 2 aromatic heterocycles. The van der Waals surface area contributed by atoms with Crippen molar-refractivity contribution in [1.82, 2.24) is 4.98 Å². The second kappa shape index (κ2) is 6.54. The zero-order valence-corrected chi connectivity index (χ0v) is 13.5. The minimum absolute atomic E-state index is 0.155. The minimum Gasteiger partial charge on any atom is -0.465 e. The summed E-state index contributed by atoms with van der Waals surface area (Å²) in [7, 11) is 0. The summed E-state index contributed by atoms with van der Waals surface area (Å²) in [4.78, 5) is 28.1. The first-order chi connectivity index (χ1) is 11.6. The standard InChI is InChI=1S/C20H17NO3/c1-13-11-14(2)21-20(23)18(13)19(22)17(12-16-9-6-10-24-16)15-7-4-3-5-8-15/h3-12H,1-2H3,(H,21,23). The summed E-state index contributed by atoms with van der Waals surface area (Å²) in [6.07, 6.45) is 3.21. The summed E-state index contributed by atoms with van der Waals surface area (Å²) < 4.78 is 5.34. The van der Waals surface area contributed by atoms with Gasteiger partial charge in [-0.2, -0.15) is 0 Å². The van der Waals surface area contributed by atoms with Crippen LogP contribution in [0.3, 0.4) is 0 Å². The van der Waals surface area contributed by atoms with Gasteiger partial charge in [0, 0.05) is 11.3 Å². The highest BCUT2D eigenvalue weighted by molar-refractivity contribution is 6.32. The van der Waals surface area contributed by atoms with Crippen molar-refractivity contribution in [2.75, 3.05) is 0 Å². The van der Waals surface area contributed by atoms with Gasteiger partial charge in [0.2, 0.25) is 0 Å². The van der Waals surface area contributed by atoms with E-state index < -0.39 is 0 Å². The van der Waals surface area contributed by atoms with E-state index in [1.165, 1.54) is 0 Å². The van der Waals surface area contributed by atoms with Gasteiger partial charge in [-0.3, -0.25) is 9.59 Å². The topological polar surface area (TPSA) is 63.1 Å². The molecular formula is C20H17NO3. The van der Waals surface area contributed by atoms with Crippen molar-refractivity contribution < 1.29 is 9.21 Å². The fraction of sp³-hybridized carbons (Fsp3) is 0.100. The van der Waals surface area contributed by atoms with Crippen molar-refractivity contribution >= 4 is 17.4 Å². The van der Waals surface area contributed by atoms with Gasteiger partial charge in [-0.1, -0.05) is 30.3 Å². The first kappa shape index (κ1) is 15.7. The van der Waals surface area contributed by atoms with Crippen molar-refractivity contribution in [2.45, 2.75) is 13.8 Å². The maximum absolute atomic E-state index is 13.1. The predicted octanol–water partition coefficient (Wildman–Crippen LogP) is 4.01. The zero-order chi connectivity index (χ0) is 17.1. The average Bonchev–Trinajstić information content (AvgIpc) is 3.05. The zero-order valence-electron chi connectivity index (χ0n) is 13.5. The fourth-order valence-corrected chi connectivity index (χ4v) is 2.68. The number of aromatic amines is 1. The van der Waals surface area contributed by atoms with Crippen LogP contribution in [-0.4, -0.2) is 10.8 Å². The Morgan fingerprint density at radius 2 is 1.83 bits per heavy atom. The van der Waals surface area contributed by atoms with E-state index >= 15 is 0 Å². The van der Waals surface area contributed by atoms with Crippen molar-refractivity contribution in [1.29, 1.82) is 0 Å². The normalized spacial score (nSPS) is 11.5. The summed E-state index contributed by atoms with van der Waals surface area (Å²) in [5.74, 6) is 0.236. The van der Waals surface area contributed by atoms with Crippen LogP contribution in [-0.2, 0) is 0 Å². The number of pyridine rings is 1. The highest BCUT2D eigenvalue weighted by Crippen LogP contribution is 2.23. The molecule has 0 radical (unpaired) electrons. The number of allylic oxidation sites excluding steroid dienone is 1. The SMILES string of the molecule is Cc1cc(C)c(C(=O)C(=Cc2ccco2)c2ccccc2)c(=O)[nH]1. The number of hydrogen-bond acceptors (Lipinski definition) is 3. The quantitative estimate of drug-likeness (QED) is 0.584. The van der Waals surface area contributed by atoms with Gasteiger partial charge in [-0.25, -0.2) is 0 Å². The number of benzene rings is 1. The van der Waals surface area contributed by atoms with Crippen molar-refractivity contribution in [3.8, 4) is 0 Å². The largest absolute Gasteiger partial charge is 0.465 e. The number of furan rings is 1. The molecule has 0 aliphatic rings. The smallest absolute Gasteiger partial charge is 0.259 e. The van der Waals surface area contributed by atoms with E-state index in [0.717, 1.165) is 11.3 Å². The van der Waals surface area contributed by atoms with Crippen molar-refractivity contribution in [3.63, 3.8) is 0 Å². The van der Waals surface area contributed by atoms with Crippen LogP contribution in [0.2, 0.25) is 0 Å². The molecule has 0 atom stereocenters. The molecule has 1 aromatic carbocycles. The third-order valence-corrected chi connectivity index (χ3v) is 3.75. The lowest BCUT2D eigenvalue weighted by Gasteiger charge is -2.09. The number of H-pyrrole nitrogens is 1. The Hall–Kier alpha value is -3.14. The summed E-state index contributed by atoms with van der Waals surface area (Å²) in [6, 6.07) is 14.6. The molecule has 0 aliphatic carbocycles. The summed E-state index contributed by atoms with van der Waals surface area (Å²) in [5.41, 5.74) is 2.31. The van der Waals surface area contributed by atoms with Crippen LogP contribution in [0, 0.1) is 13.8 Å². The number of Topliss-reactive ketones (excluding diaryl/α,β-unsaturated/α-hetero) is 1. The van der Waals surface area contributed by atoms with Crippen LogP contribution in [0.1, 0.15) is 32.9 Å². The summed E-state index contributed by atoms with van der Waals surface area (Å²) in [6.45, 7) is 3.56. The Kier molecular flexibility index (Phi) is 4.29. The number of nitrogens with one attached hydrogen (secondary N) is 1. The number of carbonyl (C=O) groups excluding carboxylic acids is 1. The molecule has 0 spiro atoms. The van der Waals surface area contributed by atoms with Gasteiger partial charge in [0.25, 0.3) is 5.56 Å². The van der Waals surface area contributed by atoms with Crippen LogP contribution in [0.15, 0.2) is 64.0 Å². The Morgan fingerprint density at radius 1 is 1.08 bits per heavy atom. The highest BCUT2D eigenvalue weighted by atomic mass is 16.3. The van der Waals surface area contributed by atoms with E-state index in [4.69, 9.17) is 4.42 Å². The van der Waals surface area contributed by atoms with E-state index in [1.54, 1.807) is 44.4 Å². The number of rotatable bonds is 4. The summed E-state index contributed by atoms with van der Waals surface area (Å²) in [5, 5.41) is 0. The van der Waals surface area contributed by atoms with Gasteiger partial charge in [0.1, 0.15) is 5.76 Å². The molecule has 2 heterocycles. The van der Waals surface area contributed by atoms with E-state index in [-0.39, 0.29) is 16.9 Å². The molecule has 0 fully saturated rings. The van der Waals surface area contributed by atoms with E-state index in [2.05, 4.69) is 4.98 Å². The number of aromatic nitrogens is 1. The highest BCUT2D eigenvalue weighted by Gasteiger charge is 2.20. The monoisotopic (exact) mass is 319 g/mol. The molecule has 3 aromatic rings. The Balaban J connectivity index is 2.17. The van der Waals surface area contributed by atoms with Crippen LogP contribution in [0.25, 0.3) is 11.6 Å². The Bertz CT molecular complexity index is 948. The van der Waals surface area contributed by atoms with E-state index in [1.807, 2.05) is 30.3 Å². The van der Waals surface area contributed by atoms with Gasteiger partial charge in [0.15, 0.2) is 5.78 Å².